The summed E-state index contributed by atoms with van der Waals surface area (Å²) in [5.41, 5.74) is -0.291. The Morgan fingerprint density at radius 1 is 1.53 bits per heavy atom. The Bertz CT molecular complexity index is 289. The third-order valence-corrected chi connectivity index (χ3v) is 2.76. The summed E-state index contributed by atoms with van der Waals surface area (Å²) < 4.78 is 5.42. The van der Waals surface area contributed by atoms with Gasteiger partial charge in [0.05, 0.1) is 5.60 Å². The molecule has 1 fully saturated rings. The van der Waals surface area contributed by atoms with Crippen molar-refractivity contribution in [1.29, 1.82) is 0 Å². The molecule has 6 heteroatoms. The Hall–Kier alpha value is -1.14. The molecule has 0 spiro atoms. The van der Waals surface area contributed by atoms with Crippen LogP contribution in [0.2, 0.25) is 0 Å². The van der Waals surface area contributed by atoms with Crippen molar-refractivity contribution in [3.63, 3.8) is 0 Å². The van der Waals surface area contributed by atoms with Gasteiger partial charge in [0.2, 0.25) is 5.91 Å². The van der Waals surface area contributed by atoms with Crippen molar-refractivity contribution in [2.75, 3.05) is 19.7 Å². The second-order valence-electron chi connectivity index (χ2n) is 4.59. The van der Waals surface area contributed by atoms with Gasteiger partial charge >= 0.3 is 5.97 Å². The van der Waals surface area contributed by atoms with Crippen LogP contribution in [0.4, 0.5) is 0 Å². The molecule has 0 aromatic rings. The van der Waals surface area contributed by atoms with Gasteiger partial charge in [0, 0.05) is 13.1 Å². The number of carbonyl (C=O) groups is 2. The number of hydrogen-bond acceptors (Lipinski definition) is 4. The maximum absolute atomic E-state index is 11.5. The zero-order valence-corrected chi connectivity index (χ0v) is 10.3. The van der Waals surface area contributed by atoms with Crippen molar-refractivity contribution in [3.05, 3.63) is 0 Å². The number of nitrogens with one attached hydrogen (secondary N) is 2. The molecule has 1 heterocycles. The predicted molar refractivity (Wildman–Crippen MR) is 61.7 cm³/mol. The van der Waals surface area contributed by atoms with Gasteiger partial charge in [-0.05, 0) is 13.3 Å². The van der Waals surface area contributed by atoms with Crippen LogP contribution in [-0.4, -0.2) is 48.3 Å². The van der Waals surface area contributed by atoms with Gasteiger partial charge < -0.3 is 20.5 Å². The molecule has 1 saturated heterocycles. The van der Waals surface area contributed by atoms with Gasteiger partial charge in [-0.15, -0.1) is 0 Å². The quantitative estimate of drug-likeness (QED) is 0.574. The molecule has 98 valence electrons. The lowest BCUT2D eigenvalue weighted by atomic mass is 10.0. The minimum atomic E-state index is -1.00. The fourth-order valence-electron chi connectivity index (χ4n) is 1.60. The molecular formula is C11H20N2O4. The summed E-state index contributed by atoms with van der Waals surface area (Å²) >= 11 is 0. The van der Waals surface area contributed by atoms with E-state index in [1.54, 1.807) is 0 Å². The first-order valence-corrected chi connectivity index (χ1v) is 5.84. The fourth-order valence-corrected chi connectivity index (χ4v) is 1.60. The van der Waals surface area contributed by atoms with Gasteiger partial charge in [0.25, 0.3) is 0 Å². The molecule has 6 nitrogen and oxygen atoms in total. The number of hydrogen-bond donors (Lipinski definition) is 3. The van der Waals surface area contributed by atoms with E-state index in [4.69, 9.17) is 9.84 Å². The van der Waals surface area contributed by atoms with E-state index in [0.29, 0.717) is 12.8 Å². The minimum Gasteiger partial charge on any atom is -0.480 e. The Kier molecular flexibility index (Phi) is 4.89. The molecule has 1 aliphatic rings. The zero-order chi connectivity index (χ0) is 12.9. The fraction of sp³-hybridized carbons (Fsp3) is 0.818. The highest BCUT2D eigenvalue weighted by Crippen LogP contribution is 2.14. The van der Waals surface area contributed by atoms with Gasteiger partial charge in [-0.2, -0.15) is 0 Å². The maximum Gasteiger partial charge on any atom is 0.326 e. The number of carboxylic acid groups (broad SMARTS) is 1. The second kappa shape index (κ2) is 5.97. The largest absolute Gasteiger partial charge is 0.480 e. The monoisotopic (exact) mass is 244 g/mol. The van der Waals surface area contributed by atoms with Crippen LogP contribution in [0.25, 0.3) is 0 Å². The zero-order valence-electron chi connectivity index (χ0n) is 10.3. The van der Waals surface area contributed by atoms with E-state index < -0.39 is 12.0 Å². The number of ether oxygens (including phenoxy) is 1. The Labute approximate surface area is 101 Å². The number of aliphatic carboxylic acids is 1. The molecule has 3 N–H and O–H groups in total. The first kappa shape index (κ1) is 13.9. The molecule has 1 aliphatic heterocycles. The summed E-state index contributed by atoms with van der Waals surface area (Å²) in [6.07, 6.45) is 1.14. The molecule has 0 aromatic carbocycles. The molecular weight excluding hydrogens is 224 g/mol. The standard InChI is InChI=1S/C11H20N2O4/c1-3-4-8(10(15)16)13-9(14)5-17-11(2)6-12-7-11/h8,12H,3-7H2,1-2H3,(H,13,14)(H,15,16). The third kappa shape index (κ3) is 4.32. The van der Waals surface area contributed by atoms with E-state index in [1.807, 2.05) is 13.8 Å². The molecule has 17 heavy (non-hydrogen) atoms. The summed E-state index contributed by atoms with van der Waals surface area (Å²) in [5.74, 6) is -1.38. The Morgan fingerprint density at radius 3 is 2.59 bits per heavy atom. The predicted octanol–water partition coefficient (Wildman–Crippen LogP) is -0.266. The Morgan fingerprint density at radius 2 is 2.18 bits per heavy atom. The third-order valence-electron chi connectivity index (χ3n) is 2.76. The molecule has 1 atom stereocenters. The summed E-state index contributed by atoms with van der Waals surface area (Å²) in [5, 5.41) is 14.4. The summed E-state index contributed by atoms with van der Waals surface area (Å²) in [4.78, 5) is 22.3. The van der Waals surface area contributed by atoms with Gasteiger partial charge in [-0.25, -0.2) is 4.79 Å². The van der Waals surface area contributed by atoms with Gasteiger partial charge in [-0.1, -0.05) is 13.3 Å². The smallest absolute Gasteiger partial charge is 0.326 e. The number of rotatable bonds is 7. The van der Waals surface area contributed by atoms with E-state index in [1.165, 1.54) is 0 Å². The first-order valence-electron chi connectivity index (χ1n) is 5.84. The topological polar surface area (TPSA) is 87.7 Å². The van der Waals surface area contributed by atoms with Crippen LogP contribution in [0.15, 0.2) is 0 Å². The van der Waals surface area contributed by atoms with Crippen molar-refractivity contribution in [2.24, 2.45) is 0 Å². The molecule has 1 unspecified atom stereocenters. The van der Waals surface area contributed by atoms with E-state index in [-0.39, 0.29) is 18.1 Å². The first-order chi connectivity index (χ1) is 7.97. The minimum absolute atomic E-state index is 0.0916. The van der Waals surface area contributed by atoms with E-state index in [0.717, 1.165) is 13.1 Å². The molecule has 0 aliphatic carbocycles. The SMILES string of the molecule is CCCC(NC(=O)COC1(C)CNC1)C(=O)O. The van der Waals surface area contributed by atoms with E-state index in [2.05, 4.69) is 10.6 Å². The molecule has 1 amide bonds. The number of carboxylic acids is 1. The van der Waals surface area contributed by atoms with Crippen molar-refractivity contribution in [1.82, 2.24) is 10.6 Å². The summed E-state index contributed by atoms with van der Waals surface area (Å²) in [6.45, 7) is 5.14. The van der Waals surface area contributed by atoms with Crippen LogP contribution in [-0.2, 0) is 14.3 Å². The lowest BCUT2D eigenvalue weighted by Gasteiger charge is -2.38. The van der Waals surface area contributed by atoms with Crippen LogP contribution in [0.1, 0.15) is 26.7 Å². The highest BCUT2D eigenvalue weighted by atomic mass is 16.5. The molecule has 0 saturated carbocycles. The van der Waals surface area contributed by atoms with Crippen molar-refractivity contribution >= 4 is 11.9 Å². The normalized spacial score (nSPS) is 19.2. The molecule has 0 radical (unpaired) electrons. The van der Waals surface area contributed by atoms with Crippen molar-refractivity contribution < 1.29 is 19.4 Å². The maximum atomic E-state index is 11.5. The van der Waals surface area contributed by atoms with Crippen LogP contribution >= 0.6 is 0 Å². The highest BCUT2D eigenvalue weighted by molar-refractivity contribution is 5.84. The average molecular weight is 244 g/mol. The summed E-state index contributed by atoms with van der Waals surface area (Å²) in [7, 11) is 0. The molecule has 0 bridgehead atoms. The van der Waals surface area contributed by atoms with Gasteiger partial charge in [0.15, 0.2) is 0 Å². The Balaban J connectivity index is 2.29. The average Bonchev–Trinajstić information content (AvgIpc) is 2.23. The number of carbonyl (C=O) groups excluding carboxylic acids is 1. The highest BCUT2D eigenvalue weighted by Gasteiger charge is 2.33. The summed E-state index contributed by atoms with van der Waals surface area (Å²) in [6, 6.07) is -0.816. The van der Waals surface area contributed by atoms with Crippen molar-refractivity contribution in [3.8, 4) is 0 Å². The van der Waals surface area contributed by atoms with Crippen LogP contribution in [0, 0.1) is 0 Å². The lowest BCUT2D eigenvalue weighted by molar-refractivity contribution is -0.145. The van der Waals surface area contributed by atoms with E-state index in [9.17, 15) is 9.59 Å². The molecule has 1 rings (SSSR count). The van der Waals surface area contributed by atoms with Gasteiger partial charge in [-0.3, -0.25) is 4.79 Å². The van der Waals surface area contributed by atoms with Gasteiger partial charge in [0.1, 0.15) is 12.6 Å². The number of amides is 1. The van der Waals surface area contributed by atoms with Crippen LogP contribution in [0.5, 0.6) is 0 Å². The van der Waals surface area contributed by atoms with E-state index >= 15 is 0 Å². The second-order valence-corrected chi connectivity index (χ2v) is 4.59. The van der Waals surface area contributed by atoms with Crippen LogP contribution in [0.3, 0.4) is 0 Å². The lowest BCUT2D eigenvalue weighted by Crippen LogP contribution is -2.60. The van der Waals surface area contributed by atoms with Crippen molar-refractivity contribution in [2.45, 2.75) is 38.3 Å². The molecule has 0 aromatic heterocycles. The van der Waals surface area contributed by atoms with Crippen LogP contribution < -0.4 is 10.6 Å².